The standard InChI is InChI=1S/C23H29N3O3/c1-14(2)20-23(3,4)18-15-9-5-6-10-17(15)24-19(18)16(21(27)28)13-26(20)22(29)25-11-7-8-12-25/h5-6,9-10,13-14,20,24H,7-8,11-12H2,1-4H3,(H,27,28). The fourth-order valence-electron chi connectivity index (χ4n) is 5.36. The summed E-state index contributed by atoms with van der Waals surface area (Å²) in [6.45, 7) is 9.91. The number of benzene rings is 1. The first-order chi connectivity index (χ1) is 13.7. The van der Waals surface area contributed by atoms with Crippen LogP contribution in [0.3, 0.4) is 0 Å². The molecule has 6 heteroatoms. The zero-order valence-corrected chi connectivity index (χ0v) is 17.5. The summed E-state index contributed by atoms with van der Waals surface area (Å²) in [5.74, 6) is -0.889. The Morgan fingerprint density at radius 1 is 1.17 bits per heavy atom. The van der Waals surface area contributed by atoms with Gasteiger partial charge in [-0.25, -0.2) is 9.59 Å². The number of para-hydroxylation sites is 1. The lowest BCUT2D eigenvalue weighted by atomic mass is 9.72. The Hall–Kier alpha value is -2.76. The van der Waals surface area contributed by atoms with Crippen molar-refractivity contribution in [3.8, 4) is 0 Å². The van der Waals surface area contributed by atoms with Gasteiger partial charge in [0.25, 0.3) is 0 Å². The summed E-state index contributed by atoms with van der Waals surface area (Å²) < 4.78 is 0. The first kappa shape index (κ1) is 19.6. The molecule has 1 saturated heterocycles. The molecule has 1 fully saturated rings. The molecule has 2 aromatic rings. The van der Waals surface area contributed by atoms with E-state index in [9.17, 15) is 14.7 Å². The largest absolute Gasteiger partial charge is 0.478 e. The van der Waals surface area contributed by atoms with Gasteiger partial charge >= 0.3 is 12.0 Å². The molecule has 1 aromatic carbocycles. The number of H-pyrrole nitrogens is 1. The van der Waals surface area contributed by atoms with Crippen LogP contribution in [0.4, 0.5) is 4.79 Å². The minimum Gasteiger partial charge on any atom is -0.478 e. The molecule has 1 atom stereocenters. The lowest BCUT2D eigenvalue weighted by molar-refractivity contribution is -0.130. The molecule has 0 spiro atoms. The number of aromatic amines is 1. The number of aromatic nitrogens is 1. The van der Waals surface area contributed by atoms with E-state index in [1.807, 2.05) is 29.2 Å². The van der Waals surface area contributed by atoms with Gasteiger partial charge in [-0.05, 0) is 30.4 Å². The summed E-state index contributed by atoms with van der Waals surface area (Å²) in [5.41, 5.74) is 2.18. The van der Waals surface area contributed by atoms with Crippen molar-refractivity contribution in [3.05, 3.63) is 41.7 Å². The highest BCUT2D eigenvalue weighted by atomic mass is 16.4. The summed E-state index contributed by atoms with van der Waals surface area (Å²) >= 11 is 0. The first-order valence-corrected chi connectivity index (χ1v) is 10.4. The van der Waals surface area contributed by atoms with Crippen LogP contribution in [0.1, 0.15) is 51.8 Å². The number of carbonyl (C=O) groups is 2. The zero-order chi connectivity index (χ0) is 20.9. The van der Waals surface area contributed by atoms with E-state index in [1.54, 1.807) is 11.1 Å². The first-order valence-electron chi connectivity index (χ1n) is 10.4. The average molecular weight is 396 g/mol. The van der Waals surface area contributed by atoms with Gasteiger partial charge in [-0.15, -0.1) is 0 Å². The molecule has 0 aliphatic carbocycles. The number of carboxylic acid groups (broad SMARTS) is 1. The second-order valence-corrected chi connectivity index (χ2v) is 9.06. The van der Waals surface area contributed by atoms with Crippen LogP contribution in [-0.2, 0) is 10.2 Å². The number of carboxylic acids is 1. The van der Waals surface area contributed by atoms with E-state index in [0.29, 0.717) is 5.69 Å². The van der Waals surface area contributed by atoms with Crippen molar-refractivity contribution in [2.24, 2.45) is 5.92 Å². The van der Waals surface area contributed by atoms with Crippen molar-refractivity contribution in [2.75, 3.05) is 13.1 Å². The van der Waals surface area contributed by atoms with Gasteiger partial charge in [-0.3, -0.25) is 4.90 Å². The van der Waals surface area contributed by atoms with E-state index in [0.717, 1.165) is 42.4 Å². The van der Waals surface area contributed by atoms with E-state index >= 15 is 0 Å². The summed E-state index contributed by atoms with van der Waals surface area (Å²) in [5, 5.41) is 11.1. The fourth-order valence-corrected chi connectivity index (χ4v) is 5.36. The number of likely N-dealkylation sites (tertiary alicyclic amines) is 1. The van der Waals surface area contributed by atoms with Crippen molar-refractivity contribution in [1.82, 2.24) is 14.8 Å². The number of urea groups is 1. The molecular weight excluding hydrogens is 366 g/mol. The van der Waals surface area contributed by atoms with Crippen LogP contribution in [-0.4, -0.2) is 51.0 Å². The molecule has 154 valence electrons. The van der Waals surface area contributed by atoms with E-state index in [-0.39, 0.29) is 23.6 Å². The molecule has 4 rings (SSSR count). The van der Waals surface area contributed by atoms with Crippen LogP contribution in [0.25, 0.3) is 16.5 Å². The summed E-state index contributed by atoms with van der Waals surface area (Å²) in [4.78, 5) is 32.6. The Labute approximate surface area is 171 Å². The summed E-state index contributed by atoms with van der Waals surface area (Å²) in [6, 6.07) is 7.64. The van der Waals surface area contributed by atoms with E-state index in [4.69, 9.17) is 0 Å². The third kappa shape index (κ3) is 3.02. The molecule has 0 saturated carbocycles. The number of nitrogens with one attached hydrogen (secondary N) is 1. The third-order valence-electron chi connectivity index (χ3n) is 6.39. The van der Waals surface area contributed by atoms with E-state index < -0.39 is 11.4 Å². The maximum absolute atomic E-state index is 13.5. The molecular formula is C23H29N3O3. The van der Waals surface area contributed by atoms with Crippen molar-refractivity contribution in [2.45, 2.75) is 52.0 Å². The van der Waals surface area contributed by atoms with Crippen molar-refractivity contribution < 1.29 is 14.7 Å². The van der Waals surface area contributed by atoms with Crippen LogP contribution in [0.15, 0.2) is 30.5 Å². The fraction of sp³-hybridized carbons (Fsp3) is 0.478. The van der Waals surface area contributed by atoms with Gasteiger partial charge < -0.3 is 15.0 Å². The Morgan fingerprint density at radius 2 is 1.83 bits per heavy atom. The average Bonchev–Trinajstić information content (AvgIpc) is 3.29. The number of nitrogens with zero attached hydrogens (tertiary/aromatic N) is 2. The summed E-state index contributed by atoms with van der Waals surface area (Å²) in [7, 11) is 0. The maximum Gasteiger partial charge on any atom is 0.339 e. The Morgan fingerprint density at radius 3 is 2.45 bits per heavy atom. The lowest BCUT2D eigenvalue weighted by Gasteiger charge is -2.43. The molecule has 1 unspecified atom stereocenters. The predicted molar refractivity (Wildman–Crippen MR) is 114 cm³/mol. The van der Waals surface area contributed by atoms with Crippen LogP contribution < -0.4 is 0 Å². The van der Waals surface area contributed by atoms with E-state index in [2.05, 4.69) is 32.7 Å². The summed E-state index contributed by atoms with van der Waals surface area (Å²) in [6.07, 6.45) is 3.56. The van der Waals surface area contributed by atoms with Gasteiger partial charge in [-0.2, -0.15) is 0 Å². The number of fused-ring (bicyclic) bond motifs is 3. The van der Waals surface area contributed by atoms with Gasteiger partial charge in [0.2, 0.25) is 0 Å². The van der Waals surface area contributed by atoms with Crippen LogP contribution >= 0.6 is 0 Å². The number of rotatable bonds is 2. The molecule has 0 radical (unpaired) electrons. The molecule has 6 nitrogen and oxygen atoms in total. The lowest BCUT2D eigenvalue weighted by Crippen LogP contribution is -2.53. The van der Waals surface area contributed by atoms with Crippen molar-refractivity contribution >= 4 is 28.5 Å². The minimum absolute atomic E-state index is 0.0949. The Balaban J connectivity index is 1.98. The number of amides is 2. The normalized spacial score (nSPS) is 21.3. The minimum atomic E-state index is -1.03. The third-order valence-corrected chi connectivity index (χ3v) is 6.39. The highest BCUT2D eigenvalue weighted by molar-refractivity contribution is 6.17. The maximum atomic E-state index is 13.5. The smallest absolute Gasteiger partial charge is 0.339 e. The highest BCUT2D eigenvalue weighted by Gasteiger charge is 2.46. The Bertz CT molecular complexity index is 996. The quantitative estimate of drug-likeness (QED) is 0.790. The molecule has 3 heterocycles. The Kier molecular flexibility index (Phi) is 4.68. The number of aliphatic carboxylic acids is 1. The van der Waals surface area contributed by atoms with Gasteiger partial charge in [-0.1, -0.05) is 45.9 Å². The highest BCUT2D eigenvalue weighted by Crippen LogP contribution is 2.45. The van der Waals surface area contributed by atoms with Crippen molar-refractivity contribution in [1.29, 1.82) is 0 Å². The molecule has 0 bridgehead atoms. The monoisotopic (exact) mass is 395 g/mol. The predicted octanol–water partition coefficient (Wildman–Crippen LogP) is 4.43. The topological polar surface area (TPSA) is 76.6 Å². The SMILES string of the molecule is CC(C)C1N(C(=O)N2CCCC2)C=C(C(=O)O)c2[nH]c3ccccc3c2C1(C)C. The zero-order valence-electron chi connectivity index (χ0n) is 17.5. The van der Waals surface area contributed by atoms with Crippen molar-refractivity contribution in [3.63, 3.8) is 0 Å². The van der Waals surface area contributed by atoms with E-state index in [1.165, 1.54) is 0 Å². The number of hydrogen-bond acceptors (Lipinski definition) is 2. The van der Waals surface area contributed by atoms with Gasteiger partial charge in [0.15, 0.2) is 0 Å². The molecule has 1 aromatic heterocycles. The molecule has 2 N–H and O–H groups in total. The molecule has 2 aliphatic rings. The number of hydrogen-bond donors (Lipinski definition) is 2. The van der Waals surface area contributed by atoms with Gasteiger partial charge in [0.05, 0.1) is 11.3 Å². The van der Waals surface area contributed by atoms with Gasteiger partial charge in [0, 0.05) is 41.6 Å². The molecule has 2 aliphatic heterocycles. The van der Waals surface area contributed by atoms with Crippen LogP contribution in [0, 0.1) is 5.92 Å². The second kappa shape index (κ2) is 6.94. The van der Waals surface area contributed by atoms with Crippen LogP contribution in [0.5, 0.6) is 0 Å². The van der Waals surface area contributed by atoms with Gasteiger partial charge in [0.1, 0.15) is 0 Å². The van der Waals surface area contributed by atoms with Crippen LogP contribution in [0.2, 0.25) is 0 Å². The molecule has 2 amide bonds. The molecule has 29 heavy (non-hydrogen) atoms. The second-order valence-electron chi connectivity index (χ2n) is 9.06. The number of carbonyl (C=O) groups excluding carboxylic acids is 1.